The van der Waals surface area contributed by atoms with Gasteiger partial charge in [-0.05, 0) is 29.3 Å². The third-order valence-corrected chi connectivity index (χ3v) is 7.14. The molecular formula is C21H16N2O2S. The first-order valence-corrected chi connectivity index (χ1v) is 10.0. The Kier molecular flexibility index (Phi) is 3.27. The summed E-state index contributed by atoms with van der Waals surface area (Å²) in [5, 5.41) is 5.94. The maximum absolute atomic E-state index is 13.3. The summed E-state index contributed by atoms with van der Waals surface area (Å²) in [6.07, 6.45) is 0. The molecule has 5 rings (SSSR count). The van der Waals surface area contributed by atoms with Gasteiger partial charge in [-0.1, -0.05) is 66.7 Å². The van der Waals surface area contributed by atoms with Gasteiger partial charge in [0.25, 0.3) is 0 Å². The van der Waals surface area contributed by atoms with E-state index in [0.717, 1.165) is 16.8 Å². The van der Waals surface area contributed by atoms with E-state index in [0.29, 0.717) is 10.6 Å². The summed E-state index contributed by atoms with van der Waals surface area (Å²) >= 11 is 0. The molecule has 0 aromatic heterocycles. The highest BCUT2D eigenvalue weighted by Crippen LogP contribution is 2.48. The second-order valence-corrected chi connectivity index (χ2v) is 8.52. The third kappa shape index (κ3) is 2.07. The molecule has 128 valence electrons. The highest BCUT2D eigenvalue weighted by Gasteiger charge is 2.54. The smallest absolute Gasteiger partial charge is 0.189 e. The summed E-state index contributed by atoms with van der Waals surface area (Å²) in [7, 11) is -3.49. The third-order valence-electron chi connectivity index (χ3n) is 5.00. The van der Waals surface area contributed by atoms with Crippen LogP contribution in [0.2, 0.25) is 0 Å². The second kappa shape index (κ2) is 5.54. The summed E-state index contributed by atoms with van der Waals surface area (Å²) in [6.45, 7) is 0. The van der Waals surface area contributed by atoms with Crippen molar-refractivity contribution in [2.75, 3.05) is 5.01 Å². The predicted molar refractivity (Wildman–Crippen MR) is 102 cm³/mol. The van der Waals surface area contributed by atoms with Crippen molar-refractivity contribution in [3.05, 3.63) is 96.1 Å². The number of hydrogen-bond donors (Lipinski definition) is 0. The molecule has 0 aliphatic carbocycles. The molecule has 0 N–H and O–H groups in total. The molecule has 2 aliphatic rings. The molecule has 0 amide bonds. The van der Waals surface area contributed by atoms with E-state index in [4.69, 9.17) is 5.10 Å². The SMILES string of the molecule is O=S1(=O)c2ccccc2[C@H]2[C@@H]1C(c1ccccc1)=NN2c1ccccc1. The average molecular weight is 360 g/mol. The van der Waals surface area contributed by atoms with Crippen LogP contribution in [-0.2, 0) is 9.84 Å². The standard InChI is InChI=1S/C21H16N2O2S/c24-26(25)18-14-8-7-13-17(18)20-21(26)19(15-9-3-1-4-10-15)22-23(20)16-11-5-2-6-12-16/h1-14,20-21H/t20-,21-/m0/s1. The summed E-state index contributed by atoms with van der Waals surface area (Å²) in [5.74, 6) is 0. The van der Waals surface area contributed by atoms with E-state index in [1.54, 1.807) is 12.1 Å². The number of hydrogen-bond acceptors (Lipinski definition) is 4. The number of para-hydroxylation sites is 1. The van der Waals surface area contributed by atoms with Gasteiger partial charge in [-0.15, -0.1) is 0 Å². The molecule has 0 radical (unpaired) electrons. The van der Waals surface area contributed by atoms with Crippen molar-refractivity contribution in [3.8, 4) is 0 Å². The van der Waals surface area contributed by atoms with Crippen LogP contribution in [0.1, 0.15) is 17.2 Å². The Bertz CT molecular complexity index is 1110. The Morgan fingerprint density at radius 1 is 0.769 bits per heavy atom. The molecule has 3 aromatic rings. The van der Waals surface area contributed by atoms with Crippen LogP contribution < -0.4 is 5.01 Å². The van der Waals surface area contributed by atoms with E-state index in [2.05, 4.69) is 0 Å². The Morgan fingerprint density at radius 3 is 2.12 bits per heavy atom. The molecule has 0 spiro atoms. The van der Waals surface area contributed by atoms with Gasteiger partial charge in [0.1, 0.15) is 11.3 Å². The fourth-order valence-electron chi connectivity index (χ4n) is 3.88. The van der Waals surface area contributed by atoms with Crippen LogP contribution in [0.25, 0.3) is 0 Å². The summed E-state index contributed by atoms with van der Waals surface area (Å²) in [4.78, 5) is 0.416. The average Bonchev–Trinajstić information content (AvgIpc) is 3.20. The lowest BCUT2D eigenvalue weighted by atomic mass is 9.98. The maximum Gasteiger partial charge on any atom is 0.189 e. The Balaban J connectivity index is 1.76. The van der Waals surface area contributed by atoms with Gasteiger partial charge < -0.3 is 0 Å². The van der Waals surface area contributed by atoms with Gasteiger partial charge in [-0.3, -0.25) is 5.01 Å². The van der Waals surface area contributed by atoms with Gasteiger partial charge in [0, 0.05) is 0 Å². The van der Waals surface area contributed by atoms with E-state index in [1.165, 1.54) is 0 Å². The number of nitrogens with zero attached hydrogens (tertiary/aromatic N) is 2. The zero-order valence-corrected chi connectivity index (χ0v) is 14.7. The number of rotatable bonds is 2. The summed E-state index contributed by atoms with van der Waals surface area (Å²) in [5.41, 5.74) is 3.16. The lowest BCUT2D eigenvalue weighted by molar-refractivity contribution is 0.591. The number of sulfone groups is 1. The lowest BCUT2D eigenvalue weighted by Gasteiger charge is -2.23. The van der Waals surface area contributed by atoms with Gasteiger partial charge in [0.05, 0.1) is 16.3 Å². The van der Waals surface area contributed by atoms with Crippen molar-refractivity contribution in [1.29, 1.82) is 0 Å². The van der Waals surface area contributed by atoms with Gasteiger partial charge in [-0.25, -0.2) is 8.42 Å². The fraction of sp³-hybridized carbons (Fsp3) is 0.0952. The number of fused-ring (bicyclic) bond motifs is 3. The minimum absolute atomic E-state index is 0.339. The number of benzene rings is 3. The maximum atomic E-state index is 13.3. The lowest BCUT2D eigenvalue weighted by Crippen LogP contribution is -2.30. The quantitative estimate of drug-likeness (QED) is 0.698. The van der Waals surface area contributed by atoms with E-state index in [-0.39, 0.29) is 6.04 Å². The van der Waals surface area contributed by atoms with Gasteiger partial charge in [0.15, 0.2) is 9.84 Å². The van der Waals surface area contributed by atoms with Crippen molar-refractivity contribution in [2.24, 2.45) is 5.10 Å². The summed E-state index contributed by atoms with van der Waals surface area (Å²) in [6, 6.07) is 26.3. The predicted octanol–water partition coefficient (Wildman–Crippen LogP) is 3.81. The van der Waals surface area contributed by atoms with Crippen LogP contribution in [0.15, 0.2) is 94.9 Å². The minimum atomic E-state index is -3.49. The van der Waals surface area contributed by atoms with Crippen LogP contribution in [0.3, 0.4) is 0 Å². The molecule has 0 fully saturated rings. The van der Waals surface area contributed by atoms with E-state index < -0.39 is 15.1 Å². The van der Waals surface area contributed by atoms with Gasteiger partial charge in [0.2, 0.25) is 0 Å². The molecule has 2 heterocycles. The monoisotopic (exact) mass is 360 g/mol. The molecule has 0 saturated carbocycles. The van der Waals surface area contributed by atoms with E-state index in [1.807, 2.05) is 77.8 Å². The molecule has 26 heavy (non-hydrogen) atoms. The van der Waals surface area contributed by atoms with Crippen LogP contribution in [0, 0.1) is 0 Å². The van der Waals surface area contributed by atoms with Gasteiger partial charge in [-0.2, -0.15) is 5.10 Å². The van der Waals surface area contributed by atoms with Crippen LogP contribution in [0.4, 0.5) is 5.69 Å². The Hall–Kier alpha value is -2.92. The summed E-state index contributed by atoms with van der Waals surface area (Å²) < 4.78 is 26.6. The molecule has 5 heteroatoms. The van der Waals surface area contributed by atoms with Crippen molar-refractivity contribution < 1.29 is 8.42 Å². The van der Waals surface area contributed by atoms with Crippen molar-refractivity contribution in [1.82, 2.24) is 0 Å². The van der Waals surface area contributed by atoms with Crippen LogP contribution in [0.5, 0.6) is 0 Å². The first kappa shape index (κ1) is 15.3. The van der Waals surface area contributed by atoms with E-state index >= 15 is 0 Å². The molecule has 2 aliphatic heterocycles. The Morgan fingerprint density at radius 2 is 1.38 bits per heavy atom. The highest BCUT2D eigenvalue weighted by molar-refractivity contribution is 7.93. The topological polar surface area (TPSA) is 49.7 Å². The van der Waals surface area contributed by atoms with Crippen molar-refractivity contribution >= 4 is 21.2 Å². The molecule has 2 atom stereocenters. The van der Waals surface area contributed by atoms with Crippen molar-refractivity contribution in [3.63, 3.8) is 0 Å². The molecule has 3 aromatic carbocycles. The number of anilines is 1. The normalized spacial score (nSPS) is 22.6. The molecule has 4 nitrogen and oxygen atoms in total. The first-order chi connectivity index (χ1) is 12.7. The van der Waals surface area contributed by atoms with Crippen LogP contribution >= 0.6 is 0 Å². The molecule has 0 bridgehead atoms. The molecule has 0 unspecified atom stereocenters. The largest absolute Gasteiger partial charge is 0.256 e. The van der Waals surface area contributed by atoms with E-state index in [9.17, 15) is 8.42 Å². The Labute approximate surface area is 152 Å². The fourth-order valence-corrected chi connectivity index (χ4v) is 6.01. The zero-order valence-electron chi connectivity index (χ0n) is 13.9. The van der Waals surface area contributed by atoms with Crippen LogP contribution in [-0.4, -0.2) is 19.4 Å². The molecule has 0 saturated heterocycles. The first-order valence-electron chi connectivity index (χ1n) is 8.49. The molecular weight excluding hydrogens is 344 g/mol. The highest BCUT2D eigenvalue weighted by atomic mass is 32.2. The second-order valence-electron chi connectivity index (χ2n) is 6.48. The zero-order chi connectivity index (χ0) is 17.7. The van der Waals surface area contributed by atoms with Crippen molar-refractivity contribution in [2.45, 2.75) is 16.2 Å². The number of hydrazone groups is 1. The minimum Gasteiger partial charge on any atom is -0.256 e. The van der Waals surface area contributed by atoms with Gasteiger partial charge >= 0.3 is 0 Å².